The van der Waals surface area contributed by atoms with Crippen molar-refractivity contribution in [2.75, 3.05) is 4.90 Å². The fourth-order valence-corrected chi connectivity index (χ4v) is 7.15. The van der Waals surface area contributed by atoms with Gasteiger partial charge in [-0.3, -0.25) is 4.98 Å². The number of aromatic nitrogens is 1. The van der Waals surface area contributed by atoms with Crippen LogP contribution in [-0.4, -0.2) is 4.98 Å². The van der Waals surface area contributed by atoms with E-state index < -0.39 is 0 Å². The third-order valence-electron chi connectivity index (χ3n) is 8.59. The quantitative estimate of drug-likeness (QED) is 0.240. The molecule has 0 unspecified atom stereocenters. The monoisotopic (exact) mass is 446 g/mol. The molecule has 9 rings (SSSR count). The molecule has 4 aliphatic rings. The van der Waals surface area contributed by atoms with E-state index in [1.54, 1.807) is 0 Å². The molecular formula is C33H22N2. The van der Waals surface area contributed by atoms with Crippen LogP contribution in [0.1, 0.15) is 44.6 Å². The van der Waals surface area contributed by atoms with Gasteiger partial charge in [0, 0.05) is 24.7 Å². The molecule has 2 aliphatic heterocycles. The number of anilines is 3. The Kier molecular flexibility index (Phi) is 3.27. The molecule has 2 heteroatoms. The van der Waals surface area contributed by atoms with E-state index in [4.69, 9.17) is 4.98 Å². The van der Waals surface area contributed by atoms with Crippen LogP contribution in [-0.2, 0) is 25.7 Å². The van der Waals surface area contributed by atoms with Gasteiger partial charge < -0.3 is 4.90 Å². The second-order valence-corrected chi connectivity index (χ2v) is 10.3. The topological polar surface area (TPSA) is 16.1 Å². The van der Waals surface area contributed by atoms with Crippen LogP contribution >= 0.6 is 0 Å². The van der Waals surface area contributed by atoms with Crippen molar-refractivity contribution in [3.8, 4) is 22.3 Å². The number of benzene rings is 4. The third kappa shape index (κ3) is 2.23. The van der Waals surface area contributed by atoms with Crippen LogP contribution in [0.3, 0.4) is 0 Å². The average Bonchev–Trinajstić information content (AvgIpc) is 3.46. The molecule has 0 saturated carbocycles. The highest BCUT2D eigenvalue weighted by Crippen LogP contribution is 2.55. The summed E-state index contributed by atoms with van der Waals surface area (Å²) in [7, 11) is 0. The molecule has 0 saturated heterocycles. The molecule has 2 nitrogen and oxygen atoms in total. The molecule has 1 aromatic heterocycles. The van der Waals surface area contributed by atoms with Crippen LogP contribution in [0.2, 0.25) is 0 Å². The zero-order chi connectivity index (χ0) is 22.7. The van der Waals surface area contributed by atoms with Gasteiger partial charge in [0.15, 0.2) is 0 Å². The van der Waals surface area contributed by atoms with Crippen LogP contribution in [0.15, 0.2) is 85.1 Å². The largest absolute Gasteiger partial charge is 0.308 e. The van der Waals surface area contributed by atoms with Crippen LogP contribution < -0.4 is 4.90 Å². The summed E-state index contributed by atoms with van der Waals surface area (Å²) in [6.45, 7) is 0. The van der Waals surface area contributed by atoms with Crippen molar-refractivity contribution in [1.82, 2.24) is 4.98 Å². The number of hydrogen-bond acceptors (Lipinski definition) is 2. The predicted molar refractivity (Wildman–Crippen MR) is 141 cm³/mol. The molecule has 3 heterocycles. The minimum absolute atomic E-state index is 0.910. The van der Waals surface area contributed by atoms with Crippen molar-refractivity contribution in [2.24, 2.45) is 0 Å². The Hall–Kier alpha value is -4.17. The number of para-hydroxylation sites is 1. The molecule has 0 amide bonds. The Labute approximate surface area is 204 Å². The van der Waals surface area contributed by atoms with E-state index in [0.717, 1.165) is 25.7 Å². The Balaban J connectivity index is 1.30. The second-order valence-electron chi connectivity index (χ2n) is 10.3. The van der Waals surface area contributed by atoms with Crippen molar-refractivity contribution in [3.05, 3.63) is 130 Å². The molecule has 0 N–H and O–H groups in total. The smallest absolute Gasteiger partial charge is 0.0716 e. The van der Waals surface area contributed by atoms with Crippen molar-refractivity contribution in [3.63, 3.8) is 0 Å². The molecule has 0 spiro atoms. The number of rotatable bonds is 0. The van der Waals surface area contributed by atoms with Gasteiger partial charge in [0.2, 0.25) is 0 Å². The van der Waals surface area contributed by atoms with Crippen LogP contribution in [0.5, 0.6) is 0 Å². The lowest BCUT2D eigenvalue weighted by molar-refractivity contribution is 0.949. The lowest BCUT2D eigenvalue weighted by atomic mass is 9.86. The number of hydrogen-bond donors (Lipinski definition) is 0. The van der Waals surface area contributed by atoms with Gasteiger partial charge in [-0.25, -0.2) is 0 Å². The summed E-state index contributed by atoms with van der Waals surface area (Å²) in [5.74, 6) is 0. The summed E-state index contributed by atoms with van der Waals surface area (Å²) in [6, 6.07) is 29.6. The van der Waals surface area contributed by atoms with Crippen molar-refractivity contribution < 1.29 is 0 Å². The third-order valence-corrected chi connectivity index (χ3v) is 8.59. The first-order chi connectivity index (χ1) is 17.3. The van der Waals surface area contributed by atoms with Gasteiger partial charge >= 0.3 is 0 Å². The molecule has 0 bridgehead atoms. The van der Waals surface area contributed by atoms with E-state index in [1.165, 1.54) is 84.0 Å². The summed E-state index contributed by atoms with van der Waals surface area (Å²) in [6.07, 6.45) is 5.95. The van der Waals surface area contributed by atoms with Crippen molar-refractivity contribution >= 4 is 17.1 Å². The Morgan fingerprint density at radius 2 is 1.29 bits per heavy atom. The summed E-state index contributed by atoms with van der Waals surface area (Å²) < 4.78 is 0. The van der Waals surface area contributed by atoms with Gasteiger partial charge in [-0.15, -0.1) is 0 Å². The first-order valence-electron chi connectivity index (χ1n) is 12.6. The maximum absolute atomic E-state index is 4.90. The van der Waals surface area contributed by atoms with Crippen molar-refractivity contribution in [2.45, 2.75) is 25.7 Å². The van der Waals surface area contributed by atoms with E-state index >= 15 is 0 Å². The minimum atomic E-state index is 0.910. The second kappa shape index (κ2) is 6.28. The normalized spacial score (nSPS) is 14.9. The van der Waals surface area contributed by atoms with Gasteiger partial charge in [-0.2, -0.15) is 0 Å². The van der Waals surface area contributed by atoms with E-state index in [-0.39, 0.29) is 0 Å². The van der Waals surface area contributed by atoms with Gasteiger partial charge in [-0.1, -0.05) is 60.7 Å². The Morgan fingerprint density at radius 3 is 2.23 bits per heavy atom. The number of pyridine rings is 1. The fraction of sp³-hybridized carbons (Fsp3) is 0.121. The van der Waals surface area contributed by atoms with Crippen molar-refractivity contribution in [1.29, 1.82) is 0 Å². The zero-order valence-electron chi connectivity index (χ0n) is 19.3. The lowest BCUT2D eigenvalue weighted by Crippen LogP contribution is -2.26. The zero-order valence-corrected chi connectivity index (χ0v) is 19.3. The van der Waals surface area contributed by atoms with Crippen LogP contribution in [0, 0.1) is 0 Å². The summed E-state index contributed by atoms with van der Waals surface area (Å²) >= 11 is 0. The Bertz CT molecular complexity index is 1760. The number of fused-ring (bicyclic) bond motifs is 12. The molecule has 0 fully saturated rings. The molecular weight excluding hydrogens is 424 g/mol. The summed E-state index contributed by atoms with van der Waals surface area (Å²) in [5.41, 5.74) is 21.1. The molecule has 35 heavy (non-hydrogen) atoms. The highest BCUT2D eigenvalue weighted by Gasteiger charge is 2.36. The molecule has 2 aliphatic carbocycles. The fourth-order valence-electron chi connectivity index (χ4n) is 7.15. The van der Waals surface area contributed by atoms with Gasteiger partial charge in [0.1, 0.15) is 0 Å². The maximum Gasteiger partial charge on any atom is 0.0716 e. The van der Waals surface area contributed by atoms with Crippen LogP contribution in [0.25, 0.3) is 22.3 Å². The van der Waals surface area contributed by atoms with Crippen LogP contribution in [0.4, 0.5) is 17.1 Å². The molecule has 4 aromatic carbocycles. The molecule has 0 atom stereocenters. The number of nitrogens with zero attached hydrogens (tertiary/aromatic N) is 2. The van der Waals surface area contributed by atoms with E-state index in [1.807, 2.05) is 6.20 Å². The average molecular weight is 447 g/mol. The molecule has 0 radical (unpaired) electrons. The summed E-state index contributed by atoms with van der Waals surface area (Å²) in [4.78, 5) is 7.40. The Morgan fingerprint density at radius 1 is 0.514 bits per heavy atom. The van der Waals surface area contributed by atoms with Gasteiger partial charge in [0.25, 0.3) is 0 Å². The van der Waals surface area contributed by atoms with E-state index in [2.05, 4.69) is 83.8 Å². The highest BCUT2D eigenvalue weighted by atomic mass is 15.2. The summed E-state index contributed by atoms with van der Waals surface area (Å²) in [5, 5.41) is 0. The molecule has 164 valence electrons. The lowest BCUT2D eigenvalue weighted by Gasteiger charge is -2.39. The first kappa shape index (κ1) is 18.2. The molecule has 5 aromatic rings. The van der Waals surface area contributed by atoms with E-state index in [9.17, 15) is 0 Å². The highest BCUT2D eigenvalue weighted by molar-refractivity contribution is 5.98. The predicted octanol–water partition coefficient (Wildman–Crippen LogP) is 7.50. The van der Waals surface area contributed by atoms with E-state index in [0.29, 0.717) is 0 Å². The standard InChI is InChI=1S/C33H22N2/c1-3-7-24-19(5-1)15-21-9-10-22-17-26-25(32(22)31(21)24)11-12-30-27(26)18-28-33-23(13-14-34-28)16-20-6-2-4-8-29(20)35(30)33/h1-14H,15-18H2. The SMILES string of the molecule is c1ccc2c(c1)Cc1ccc3c(c1-2)-c1ccc2c(c1C3)Cc1nccc3c1N2c1ccccc1C3. The minimum Gasteiger partial charge on any atom is -0.308 e. The first-order valence-corrected chi connectivity index (χ1v) is 12.6. The maximum atomic E-state index is 4.90. The van der Waals surface area contributed by atoms with Gasteiger partial charge in [-0.05, 0) is 92.2 Å². The van der Waals surface area contributed by atoms with Gasteiger partial charge in [0.05, 0.1) is 17.1 Å².